The minimum absolute atomic E-state index is 0.0791. The molecule has 0 N–H and O–H groups in total. The van der Waals surface area contributed by atoms with Crippen LogP contribution in [-0.4, -0.2) is 22.2 Å². The predicted octanol–water partition coefficient (Wildman–Crippen LogP) is 3.19. The van der Waals surface area contributed by atoms with Crippen molar-refractivity contribution in [1.29, 1.82) is 0 Å². The molecule has 0 fully saturated rings. The third-order valence-electron chi connectivity index (χ3n) is 1.57. The molecule has 0 bridgehead atoms. The standard InChI is InChI=1S/C8H6BrNO4.Cl2OS/c1-14-8(11)6-3-2-5(10(12)13)4-7(6)9;1-4(2)3/h2-4H,1H3;. The Morgan fingerprint density at radius 2 is 2.00 bits per heavy atom. The van der Waals surface area contributed by atoms with Crippen LogP contribution >= 0.6 is 37.3 Å². The summed E-state index contributed by atoms with van der Waals surface area (Å²) in [6, 6.07) is 3.84. The summed E-state index contributed by atoms with van der Waals surface area (Å²) in [7, 11) is 8.60. The van der Waals surface area contributed by atoms with Gasteiger partial charge in [0.25, 0.3) is 5.69 Å². The number of nitrogens with zero attached hydrogens (tertiary/aromatic N) is 1. The minimum Gasteiger partial charge on any atom is -0.465 e. The van der Waals surface area contributed by atoms with Gasteiger partial charge in [0.15, 0.2) is 0 Å². The Hall–Kier alpha value is -0.700. The lowest BCUT2D eigenvalue weighted by molar-refractivity contribution is -0.384. The average molecular weight is 379 g/mol. The zero-order valence-corrected chi connectivity index (χ0v) is 12.7. The van der Waals surface area contributed by atoms with Crippen molar-refractivity contribution in [2.75, 3.05) is 7.11 Å². The van der Waals surface area contributed by atoms with E-state index in [9.17, 15) is 14.9 Å². The zero-order chi connectivity index (χ0) is 14.3. The van der Waals surface area contributed by atoms with Gasteiger partial charge in [-0.2, -0.15) is 0 Å². The van der Waals surface area contributed by atoms with Gasteiger partial charge in [0.05, 0.1) is 17.6 Å². The Labute approximate surface area is 122 Å². The molecule has 0 unspecified atom stereocenters. The lowest BCUT2D eigenvalue weighted by Gasteiger charge is -2.01. The Bertz CT molecular complexity index is 481. The maximum absolute atomic E-state index is 11.1. The molecule has 0 spiro atoms. The molecule has 10 heteroatoms. The number of nitro benzene ring substituents is 1. The van der Waals surface area contributed by atoms with Gasteiger partial charge < -0.3 is 4.74 Å². The fourth-order valence-electron chi connectivity index (χ4n) is 0.893. The molecule has 0 aliphatic heterocycles. The maximum Gasteiger partial charge on any atom is 0.339 e. The van der Waals surface area contributed by atoms with Crippen LogP contribution in [0.2, 0.25) is 0 Å². The molecule has 0 saturated carbocycles. The maximum atomic E-state index is 11.1. The third kappa shape index (κ3) is 6.29. The molecule has 0 amide bonds. The Morgan fingerprint density at radius 3 is 2.33 bits per heavy atom. The number of hydrogen-bond donors (Lipinski definition) is 0. The number of esters is 1. The van der Waals surface area contributed by atoms with Crippen LogP contribution in [-0.2, 0) is 14.0 Å². The molecule has 0 aliphatic carbocycles. The predicted molar refractivity (Wildman–Crippen MR) is 72.0 cm³/mol. The molecule has 0 heterocycles. The number of hydrogen-bond acceptors (Lipinski definition) is 5. The summed E-state index contributed by atoms with van der Waals surface area (Å²) >= 11 is 3.05. The molecule has 0 radical (unpaired) electrons. The van der Waals surface area contributed by atoms with Crippen LogP contribution in [0, 0.1) is 10.1 Å². The number of non-ortho nitro benzene ring substituents is 1. The van der Waals surface area contributed by atoms with Gasteiger partial charge in [0.2, 0.25) is 9.23 Å². The van der Waals surface area contributed by atoms with Crippen LogP contribution in [0.15, 0.2) is 22.7 Å². The second-order valence-electron chi connectivity index (χ2n) is 2.60. The molecule has 1 aromatic carbocycles. The van der Waals surface area contributed by atoms with Crippen molar-refractivity contribution >= 4 is 58.2 Å². The van der Waals surface area contributed by atoms with Crippen molar-refractivity contribution in [3.05, 3.63) is 38.3 Å². The van der Waals surface area contributed by atoms with E-state index in [0.717, 1.165) is 0 Å². The number of methoxy groups -OCH3 is 1. The monoisotopic (exact) mass is 377 g/mol. The summed E-state index contributed by atoms with van der Waals surface area (Å²) in [5.41, 5.74) is 0.183. The van der Waals surface area contributed by atoms with Crippen LogP contribution in [0.5, 0.6) is 0 Å². The fraction of sp³-hybridized carbons (Fsp3) is 0.125. The summed E-state index contributed by atoms with van der Waals surface area (Å²) in [5.74, 6) is -0.535. The number of halogens is 3. The van der Waals surface area contributed by atoms with E-state index in [1.54, 1.807) is 0 Å². The molecule has 0 saturated heterocycles. The van der Waals surface area contributed by atoms with E-state index in [2.05, 4.69) is 42.0 Å². The number of nitro groups is 1. The van der Waals surface area contributed by atoms with E-state index in [0.29, 0.717) is 4.47 Å². The highest BCUT2D eigenvalue weighted by molar-refractivity contribution is 9.10. The zero-order valence-electron chi connectivity index (χ0n) is 8.76. The molecule has 100 valence electrons. The number of benzene rings is 1. The molecule has 0 aromatic heterocycles. The van der Waals surface area contributed by atoms with E-state index in [1.807, 2.05) is 0 Å². The Balaban J connectivity index is 0.000000631. The van der Waals surface area contributed by atoms with Gasteiger partial charge in [-0.25, -0.2) is 9.00 Å². The first-order valence-corrected chi connectivity index (χ1v) is 7.65. The van der Waals surface area contributed by atoms with Gasteiger partial charge in [-0.1, -0.05) is 0 Å². The van der Waals surface area contributed by atoms with Gasteiger partial charge in [-0.3, -0.25) is 10.1 Å². The fourth-order valence-corrected chi connectivity index (χ4v) is 1.42. The molecule has 1 aromatic rings. The van der Waals surface area contributed by atoms with Gasteiger partial charge >= 0.3 is 5.97 Å². The van der Waals surface area contributed by atoms with Crippen LogP contribution in [0.3, 0.4) is 0 Å². The number of ether oxygens (including phenoxy) is 1. The molecular weight excluding hydrogens is 373 g/mol. The lowest BCUT2D eigenvalue weighted by Crippen LogP contribution is -2.02. The highest BCUT2D eigenvalue weighted by atomic mass is 79.9. The summed E-state index contributed by atoms with van der Waals surface area (Å²) in [6.45, 7) is 0. The third-order valence-corrected chi connectivity index (χ3v) is 2.22. The van der Waals surface area contributed by atoms with E-state index in [4.69, 9.17) is 4.21 Å². The second kappa shape index (κ2) is 8.41. The largest absolute Gasteiger partial charge is 0.465 e. The van der Waals surface area contributed by atoms with Crippen LogP contribution in [0.25, 0.3) is 0 Å². The first kappa shape index (κ1) is 17.3. The molecule has 6 nitrogen and oxygen atoms in total. The summed E-state index contributed by atoms with van der Waals surface area (Å²) in [6.07, 6.45) is 0. The van der Waals surface area contributed by atoms with Gasteiger partial charge in [0, 0.05) is 38.0 Å². The number of carbonyl (C=O) groups is 1. The van der Waals surface area contributed by atoms with Crippen LogP contribution < -0.4 is 0 Å². The van der Waals surface area contributed by atoms with Crippen LogP contribution in [0.4, 0.5) is 5.69 Å². The minimum atomic E-state index is -1.67. The van der Waals surface area contributed by atoms with Crippen molar-refractivity contribution in [3.63, 3.8) is 0 Å². The highest BCUT2D eigenvalue weighted by Crippen LogP contribution is 2.23. The first-order valence-electron chi connectivity index (χ1n) is 4.06. The molecule has 0 aliphatic rings. The van der Waals surface area contributed by atoms with Gasteiger partial charge in [-0.05, 0) is 22.0 Å². The molecule has 1 rings (SSSR count). The van der Waals surface area contributed by atoms with E-state index in [-0.39, 0.29) is 11.3 Å². The van der Waals surface area contributed by atoms with Gasteiger partial charge in [0.1, 0.15) is 0 Å². The quantitative estimate of drug-likeness (QED) is 0.341. The summed E-state index contributed by atoms with van der Waals surface area (Å²) in [4.78, 5) is 20.9. The number of carbonyl (C=O) groups excluding carboxylic acids is 1. The average Bonchev–Trinajstić information content (AvgIpc) is 2.27. The summed E-state index contributed by atoms with van der Waals surface area (Å²) in [5, 5.41) is 10.4. The van der Waals surface area contributed by atoms with Crippen molar-refractivity contribution in [2.24, 2.45) is 0 Å². The SMILES string of the molecule is COC(=O)c1ccc([N+](=O)[O-])cc1Br.O=S(Cl)Cl. The molecular formula is C8H6BrCl2NO5S. The summed E-state index contributed by atoms with van der Waals surface area (Å²) < 4.78 is 13.9. The second-order valence-corrected chi connectivity index (χ2v) is 5.98. The normalized spacial score (nSPS) is 9.39. The van der Waals surface area contributed by atoms with Crippen molar-refractivity contribution in [1.82, 2.24) is 0 Å². The van der Waals surface area contributed by atoms with E-state index in [1.165, 1.54) is 25.3 Å². The van der Waals surface area contributed by atoms with E-state index >= 15 is 0 Å². The van der Waals surface area contributed by atoms with Gasteiger partial charge in [-0.15, -0.1) is 0 Å². The highest BCUT2D eigenvalue weighted by Gasteiger charge is 2.14. The topological polar surface area (TPSA) is 86.5 Å². The Kier molecular flexibility index (Phi) is 8.08. The Morgan fingerprint density at radius 1 is 1.50 bits per heavy atom. The lowest BCUT2D eigenvalue weighted by atomic mass is 10.2. The van der Waals surface area contributed by atoms with Crippen molar-refractivity contribution < 1.29 is 18.7 Å². The first-order chi connectivity index (χ1) is 8.29. The molecule has 18 heavy (non-hydrogen) atoms. The van der Waals surface area contributed by atoms with Crippen molar-refractivity contribution in [2.45, 2.75) is 0 Å². The smallest absolute Gasteiger partial charge is 0.339 e. The van der Waals surface area contributed by atoms with E-state index < -0.39 is 20.1 Å². The van der Waals surface area contributed by atoms with Crippen LogP contribution in [0.1, 0.15) is 10.4 Å². The van der Waals surface area contributed by atoms with Crippen molar-refractivity contribution in [3.8, 4) is 0 Å². The number of rotatable bonds is 2. The molecule has 0 atom stereocenters.